The second-order valence-electron chi connectivity index (χ2n) is 4.53. The average Bonchev–Trinajstić information content (AvgIpc) is 2.50. The summed E-state index contributed by atoms with van der Waals surface area (Å²) in [6.07, 6.45) is 0. The first kappa shape index (κ1) is 15.3. The highest BCUT2D eigenvalue weighted by Gasteiger charge is 2.06. The average molecular weight is 293 g/mol. The highest BCUT2D eigenvalue weighted by molar-refractivity contribution is 5.42. The summed E-state index contributed by atoms with van der Waals surface area (Å²) < 4.78 is 36.9. The van der Waals surface area contributed by atoms with Crippen LogP contribution in [0.4, 0.5) is 8.78 Å². The highest BCUT2D eigenvalue weighted by atomic mass is 19.1. The predicted molar refractivity (Wildman–Crippen MR) is 76.4 cm³/mol. The van der Waals surface area contributed by atoms with Crippen LogP contribution in [0.5, 0.6) is 11.5 Å². The van der Waals surface area contributed by atoms with Gasteiger partial charge in [-0.1, -0.05) is 6.07 Å². The minimum Gasteiger partial charge on any atom is -0.493 e. The molecular formula is C16H17F2NO2. The van der Waals surface area contributed by atoms with Crippen LogP contribution in [0, 0.1) is 11.6 Å². The zero-order valence-corrected chi connectivity index (χ0v) is 12.0. The van der Waals surface area contributed by atoms with Gasteiger partial charge in [0.05, 0.1) is 14.2 Å². The Labute approximate surface area is 122 Å². The van der Waals surface area contributed by atoms with Crippen molar-refractivity contribution >= 4 is 0 Å². The van der Waals surface area contributed by atoms with E-state index in [0.717, 1.165) is 17.7 Å². The summed E-state index contributed by atoms with van der Waals surface area (Å²) in [5, 5.41) is 3.07. The third-order valence-corrected chi connectivity index (χ3v) is 3.10. The summed E-state index contributed by atoms with van der Waals surface area (Å²) in [5.74, 6) is 0.418. The summed E-state index contributed by atoms with van der Waals surface area (Å²) in [7, 11) is 3.14. The molecule has 21 heavy (non-hydrogen) atoms. The molecule has 2 aromatic rings. The minimum absolute atomic E-state index is 0.248. The molecule has 0 aromatic heterocycles. The fourth-order valence-electron chi connectivity index (χ4n) is 2.01. The van der Waals surface area contributed by atoms with Gasteiger partial charge in [-0.05, 0) is 35.9 Å². The molecule has 0 bridgehead atoms. The van der Waals surface area contributed by atoms with Gasteiger partial charge in [0.2, 0.25) is 0 Å². The number of nitrogens with one attached hydrogen (secondary N) is 1. The van der Waals surface area contributed by atoms with Crippen molar-refractivity contribution in [3.63, 3.8) is 0 Å². The molecule has 5 heteroatoms. The van der Waals surface area contributed by atoms with Crippen LogP contribution in [0.3, 0.4) is 0 Å². The smallest absolute Gasteiger partial charge is 0.161 e. The third kappa shape index (κ3) is 3.92. The second-order valence-corrected chi connectivity index (χ2v) is 4.53. The van der Waals surface area contributed by atoms with E-state index in [1.54, 1.807) is 20.3 Å². The first-order valence-electron chi connectivity index (χ1n) is 6.49. The summed E-state index contributed by atoms with van der Waals surface area (Å²) >= 11 is 0. The standard InChI is InChI=1S/C16H17F2NO2/c1-20-15-6-3-11(7-16(15)21-2)9-19-10-12-8-13(17)4-5-14(12)18/h3-8,19H,9-10H2,1-2H3. The van der Waals surface area contributed by atoms with Gasteiger partial charge in [0, 0.05) is 18.7 Å². The molecule has 0 saturated heterocycles. The van der Waals surface area contributed by atoms with Gasteiger partial charge >= 0.3 is 0 Å². The van der Waals surface area contributed by atoms with Gasteiger partial charge in [0.25, 0.3) is 0 Å². The summed E-state index contributed by atoms with van der Waals surface area (Å²) in [6.45, 7) is 0.758. The minimum atomic E-state index is -0.445. The number of benzene rings is 2. The van der Waals surface area contributed by atoms with Gasteiger partial charge in [-0.25, -0.2) is 8.78 Å². The Hall–Kier alpha value is -2.14. The first-order chi connectivity index (χ1) is 10.1. The van der Waals surface area contributed by atoms with Crippen LogP contribution in [-0.4, -0.2) is 14.2 Å². The van der Waals surface area contributed by atoms with E-state index < -0.39 is 11.6 Å². The maximum absolute atomic E-state index is 13.5. The molecule has 0 aliphatic heterocycles. The van der Waals surface area contributed by atoms with Crippen LogP contribution < -0.4 is 14.8 Å². The lowest BCUT2D eigenvalue weighted by atomic mass is 10.1. The molecule has 3 nitrogen and oxygen atoms in total. The van der Waals surface area contributed by atoms with Gasteiger partial charge in [-0.3, -0.25) is 0 Å². The van der Waals surface area contributed by atoms with Crippen LogP contribution in [0.2, 0.25) is 0 Å². The summed E-state index contributed by atoms with van der Waals surface area (Å²) in [4.78, 5) is 0. The van der Waals surface area contributed by atoms with E-state index in [1.165, 1.54) is 6.07 Å². The molecule has 2 aromatic carbocycles. The number of halogens is 2. The molecule has 0 aliphatic rings. The van der Waals surface area contributed by atoms with E-state index >= 15 is 0 Å². The van der Waals surface area contributed by atoms with Crippen molar-refractivity contribution in [3.8, 4) is 11.5 Å². The molecule has 0 aliphatic carbocycles. The van der Waals surface area contributed by atoms with Crippen LogP contribution in [0.25, 0.3) is 0 Å². The second kappa shape index (κ2) is 7.04. The van der Waals surface area contributed by atoms with Crippen molar-refractivity contribution in [2.75, 3.05) is 14.2 Å². The zero-order chi connectivity index (χ0) is 15.2. The van der Waals surface area contributed by atoms with Crippen LogP contribution >= 0.6 is 0 Å². The molecule has 0 spiro atoms. The Morgan fingerprint density at radius 1 is 0.905 bits per heavy atom. The number of hydrogen-bond donors (Lipinski definition) is 1. The summed E-state index contributed by atoms with van der Waals surface area (Å²) in [6, 6.07) is 8.95. The fraction of sp³-hybridized carbons (Fsp3) is 0.250. The number of rotatable bonds is 6. The molecule has 0 atom stereocenters. The van der Waals surface area contributed by atoms with Crippen molar-refractivity contribution in [1.29, 1.82) is 0 Å². The molecule has 0 fully saturated rings. The number of hydrogen-bond acceptors (Lipinski definition) is 3. The first-order valence-corrected chi connectivity index (χ1v) is 6.49. The molecule has 1 N–H and O–H groups in total. The normalized spacial score (nSPS) is 10.5. The van der Waals surface area contributed by atoms with Gasteiger partial charge in [-0.2, -0.15) is 0 Å². The van der Waals surface area contributed by atoms with Crippen molar-refractivity contribution in [2.24, 2.45) is 0 Å². The lowest BCUT2D eigenvalue weighted by Gasteiger charge is -2.10. The van der Waals surface area contributed by atoms with Crippen LogP contribution in [0.15, 0.2) is 36.4 Å². The van der Waals surface area contributed by atoms with Crippen molar-refractivity contribution < 1.29 is 18.3 Å². The molecule has 112 valence electrons. The van der Waals surface area contributed by atoms with E-state index in [4.69, 9.17) is 9.47 Å². The molecule has 0 saturated carbocycles. The fourth-order valence-corrected chi connectivity index (χ4v) is 2.01. The van der Waals surface area contributed by atoms with E-state index in [0.29, 0.717) is 23.6 Å². The molecule has 0 radical (unpaired) electrons. The number of ether oxygens (including phenoxy) is 2. The van der Waals surface area contributed by atoms with Crippen molar-refractivity contribution in [3.05, 3.63) is 59.2 Å². The molecule has 2 rings (SSSR count). The van der Waals surface area contributed by atoms with Gasteiger partial charge in [0.15, 0.2) is 11.5 Å². The monoisotopic (exact) mass is 293 g/mol. The van der Waals surface area contributed by atoms with E-state index in [-0.39, 0.29) is 6.54 Å². The Morgan fingerprint density at radius 3 is 2.38 bits per heavy atom. The van der Waals surface area contributed by atoms with Crippen LogP contribution in [0.1, 0.15) is 11.1 Å². The largest absolute Gasteiger partial charge is 0.493 e. The van der Waals surface area contributed by atoms with Crippen LogP contribution in [-0.2, 0) is 13.1 Å². The Kier molecular flexibility index (Phi) is 5.11. The maximum atomic E-state index is 13.5. The lowest BCUT2D eigenvalue weighted by Crippen LogP contribution is -2.14. The van der Waals surface area contributed by atoms with E-state index in [2.05, 4.69) is 5.32 Å². The SMILES string of the molecule is COc1ccc(CNCc2cc(F)ccc2F)cc1OC. The zero-order valence-electron chi connectivity index (χ0n) is 12.0. The van der Waals surface area contributed by atoms with E-state index in [9.17, 15) is 8.78 Å². The van der Waals surface area contributed by atoms with Gasteiger partial charge in [-0.15, -0.1) is 0 Å². The Bertz CT molecular complexity index is 617. The molecule has 0 unspecified atom stereocenters. The maximum Gasteiger partial charge on any atom is 0.161 e. The Balaban J connectivity index is 1.98. The number of methoxy groups -OCH3 is 2. The van der Waals surface area contributed by atoms with Crippen molar-refractivity contribution in [1.82, 2.24) is 5.32 Å². The predicted octanol–water partition coefficient (Wildman–Crippen LogP) is 3.27. The molecular weight excluding hydrogens is 276 g/mol. The van der Waals surface area contributed by atoms with Gasteiger partial charge < -0.3 is 14.8 Å². The molecule has 0 heterocycles. The Morgan fingerprint density at radius 2 is 1.67 bits per heavy atom. The topological polar surface area (TPSA) is 30.5 Å². The quantitative estimate of drug-likeness (QED) is 0.886. The van der Waals surface area contributed by atoms with Gasteiger partial charge in [0.1, 0.15) is 11.6 Å². The molecule has 0 amide bonds. The lowest BCUT2D eigenvalue weighted by molar-refractivity contribution is 0.354. The van der Waals surface area contributed by atoms with Crippen molar-refractivity contribution in [2.45, 2.75) is 13.1 Å². The highest BCUT2D eigenvalue weighted by Crippen LogP contribution is 2.27. The van der Waals surface area contributed by atoms with E-state index in [1.807, 2.05) is 12.1 Å². The summed E-state index contributed by atoms with van der Waals surface area (Å²) in [5.41, 5.74) is 1.26. The third-order valence-electron chi connectivity index (χ3n) is 3.10.